The van der Waals surface area contributed by atoms with Crippen molar-refractivity contribution >= 4 is 34.8 Å². The van der Waals surface area contributed by atoms with Crippen LogP contribution in [0.15, 0.2) is 60.8 Å². The molecule has 1 amide bonds. The summed E-state index contributed by atoms with van der Waals surface area (Å²) >= 11 is 12.1. The first-order valence-corrected chi connectivity index (χ1v) is 10.2. The van der Waals surface area contributed by atoms with E-state index in [1.165, 1.54) is 4.68 Å². The summed E-state index contributed by atoms with van der Waals surface area (Å²) in [6.45, 7) is 1.97. The molecule has 0 atom stereocenters. The molecule has 0 aliphatic heterocycles. The number of benzene rings is 2. The number of amides is 1. The van der Waals surface area contributed by atoms with E-state index in [0.29, 0.717) is 27.8 Å². The number of ether oxygens (including phenoxy) is 1. The molecule has 0 unspecified atom stereocenters. The first-order chi connectivity index (χ1) is 14.9. The van der Waals surface area contributed by atoms with Gasteiger partial charge in [0.05, 0.1) is 16.9 Å². The second kappa shape index (κ2) is 8.83. The fourth-order valence-electron chi connectivity index (χ4n) is 3.11. The van der Waals surface area contributed by atoms with Crippen LogP contribution in [0.3, 0.4) is 0 Å². The normalized spacial score (nSPS) is 10.8. The van der Waals surface area contributed by atoms with Gasteiger partial charge in [-0.3, -0.25) is 9.48 Å². The monoisotopic (exact) mass is 455 g/mol. The molecule has 0 saturated carbocycles. The van der Waals surface area contributed by atoms with Crippen molar-refractivity contribution < 1.29 is 9.53 Å². The number of halogens is 2. The maximum Gasteiger partial charge on any atom is 0.260 e. The Labute approximate surface area is 189 Å². The van der Waals surface area contributed by atoms with Crippen molar-refractivity contribution in [2.75, 3.05) is 5.32 Å². The fourth-order valence-corrected chi connectivity index (χ4v) is 3.50. The largest absolute Gasteiger partial charge is 0.472 e. The predicted molar refractivity (Wildman–Crippen MR) is 120 cm³/mol. The van der Waals surface area contributed by atoms with Gasteiger partial charge >= 0.3 is 0 Å². The van der Waals surface area contributed by atoms with Crippen LogP contribution in [-0.2, 0) is 13.7 Å². The molecule has 0 bridgehead atoms. The molecule has 2 aromatic carbocycles. The molecule has 7 nitrogen and oxygen atoms in total. The number of para-hydroxylation sites is 1. The Morgan fingerprint density at radius 1 is 1.06 bits per heavy atom. The molecule has 4 rings (SSSR count). The molecule has 1 N–H and O–H groups in total. The molecular weight excluding hydrogens is 437 g/mol. The lowest BCUT2D eigenvalue weighted by molar-refractivity contribution is 0.102. The summed E-state index contributed by atoms with van der Waals surface area (Å²) in [4.78, 5) is 12.8. The van der Waals surface area contributed by atoms with E-state index in [9.17, 15) is 4.79 Å². The summed E-state index contributed by atoms with van der Waals surface area (Å²) in [6, 6.07) is 16.5. The van der Waals surface area contributed by atoms with Crippen molar-refractivity contribution in [3.63, 3.8) is 0 Å². The quantitative estimate of drug-likeness (QED) is 0.441. The maximum absolute atomic E-state index is 12.8. The predicted octanol–water partition coefficient (Wildman–Crippen LogP) is 5.05. The van der Waals surface area contributed by atoms with Gasteiger partial charge in [-0.25, -0.2) is 4.68 Å². The van der Waals surface area contributed by atoms with Crippen molar-refractivity contribution in [1.82, 2.24) is 19.6 Å². The summed E-state index contributed by atoms with van der Waals surface area (Å²) in [6.07, 6.45) is 1.80. The Morgan fingerprint density at radius 2 is 1.81 bits per heavy atom. The molecule has 0 aliphatic carbocycles. The number of anilines is 1. The highest BCUT2D eigenvalue weighted by Gasteiger charge is 2.20. The molecule has 0 radical (unpaired) electrons. The summed E-state index contributed by atoms with van der Waals surface area (Å²) in [7, 11) is 1.69. The van der Waals surface area contributed by atoms with Gasteiger partial charge in [-0.2, -0.15) is 5.10 Å². The van der Waals surface area contributed by atoms with E-state index in [1.807, 2.05) is 36.4 Å². The number of aromatic nitrogens is 4. The number of hydrogen-bond acceptors (Lipinski definition) is 4. The molecule has 158 valence electrons. The molecule has 0 saturated heterocycles. The minimum Gasteiger partial charge on any atom is -0.472 e. The number of hydrogen-bond donors (Lipinski definition) is 1. The van der Waals surface area contributed by atoms with Gasteiger partial charge in [-0.05, 0) is 37.3 Å². The van der Waals surface area contributed by atoms with Crippen LogP contribution >= 0.6 is 23.2 Å². The number of aryl methyl sites for hydroxylation is 2. The first kappa shape index (κ1) is 21.0. The van der Waals surface area contributed by atoms with Crippen LogP contribution in [0.4, 0.5) is 5.69 Å². The number of nitrogens with zero attached hydrogens (tertiary/aromatic N) is 4. The highest BCUT2D eigenvalue weighted by Crippen LogP contribution is 2.23. The summed E-state index contributed by atoms with van der Waals surface area (Å²) in [5.74, 6) is 0.136. The number of carbonyl (C=O) groups excluding carboxylic acids is 1. The Hall–Kier alpha value is -3.29. The standard InChI is InChI=1S/C22H19Cl2N5O2/c1-14-20(21(24)28(2)26-14)22(30)25-18-6-4-3-5-15(18)13-31-19-11-12-29(27-19)17-9-7-16(23)8-10-17/h3-12H,13H2,1-2H3,(H,25,30). The van der Waals surface area contributed by atoms with Gasteiger partial charge in [0.1, 0.15) is 11.8 Å². The van der Waals surface area contributed by atoms with Crippen LogP contribution < -0.4 is 10.1 Å². The van der Waals surface area contributed by atoms with Crippen molar-refractivity contribution in [3.8, 4) is 11.6 Å². The lowest BCUT2D eigenvalue weighted by Crippen LogP contribution is -2.15. The Morgan fingerprint density at radius 3 is 2.52 bits per heavy atom. The van der Waals surface area contributed by atoms with Crippen molar-refractivity contribution in [1.29, 1.82) is 0 Å². The minimum atomic E-state index is -0.324. The minimum absolute atomic E-state index is 0.230. The SMILES string of the molecule is Cc1nn(C)c(Cl)c1C(=O)Nc1ccccc1COc1ccn(-c2ccc(Cl)cc2)n1. The van der Waals surface area contributed by atoms with Gasteiger partial charge in [-0.1, -0.05) is 41.4 Å². The van der Waals surface area contributed by atoms with Crippen LogP contribution in [0.2, 0.25) is 10.2 Å². The van der Waals surface area contributed by atoms with Crippen LogP contribution in [0, 0.1) is 6.92 Å². The maximum atomic E-state index is 12.8. The summed E-state index contributed by atoms with van der Waals surface area (Å²) in [5.41, 5.74) is 3.21. The van der Waals surface area contributed by atoms with E-state index >= 15 is 0 Å². The third-order valence-electron chi connectivity index (χ3n) is 4.68. The van der Waals surface area contributed by atoms with E-state index in [1.54, 1.807) is 43.0 Å². The molecular formula is C22H19Cl2N5O2. The summed E-state index contributed by atoms with van der Waals surface area (Å²) in [5, 5.41) is 12.5. The second-order valence-corrected chi connectivity index (χ2v) is 7.64. The molecule has 0 fully saturated rings. The van der Waals surface area contributed by atoms with Crippen molar-refractivity contribution in [2.24, 2.45) is 7.05 Å². The smallest absolute Gasteiger partial charge is 0.260 e. The van der Waals surface area contributed by atoms with Crippen LogP contribution in [-0.4, -0.2) is 25.5 Å². The van der Waals surface area contributed by atoms with Crippen molar-refractivity contribution in [3.05, 3.63) is 87.8 Å². The zero-order valence-electron chi connectivity index (χ0n) is 16.8. The average molecular weight is 456 g/mol. The van der Waals surface area contributed by atoms with Crippen molar-refractivity contribution in [2.45, 2.75) is 13.5 Å². The molecule has 2 heterocycles. The molecule has 0 aliphatic rings. The van der Waals surface area contributed by atoms with Crippen LogP contribution in [0.5, 0.6) is 5.88 Å². The number of rotatable bonds is 6. The first-order valence-electron chi connectivity index (χ1n) is 9.45. The summed E-state index contributed by atoms with van der Waals surface area (Å²) < 4.78 is 9.02. The molecule has 31 heavy (non-hydrogen) atoms. The van der Waals surface area contributed by atoms with E-state index in [0.717, 1.165) is 11.3 Å². The van der Waals surface area contributed by atoms with E-state index in [-0.39, 0.29) is 17.7 Å². The zero-order chi connectivity index (χ0) is 22.0. The zero-order valence-corrected chi connectivity index (χ0v) is 18.4. The third-order valence-corrected chi connectivity index (χ3v) is 5.36. The highest BCUT2D eigenvalue weighted by molar-refractivity contribution is 6.33. The van der Waals surface area contributed by atoms with Gasteiger partial charge in [0, 0.05) is 35.6 Å². The van der Waals surface area contributed by atoms with E-state index in [2.05, 4.69) is 15.5 Å². The topological polar surface area (TPSA) is 74.0 Å². The molecule has 0 spiro atoms. The number of nitrogens with one attached hydrogen (secondary N) is 1. The second-order valence-electron chi connectivity index (χ2n) is 6.85. The Bertz CT molecular complexity index is 1230. The Kier molecular flexibility index (Phi) is 5.97. The van der Waals surface area contributed by atoms with E-state index in [4.69, 9.17) is 27.9 Å². The van der Waals surface area contributed by atoms with Gasteiger partial charge in [0.15, 0.2) is 0 Å². The van der Waals surface area contributed by atoms with Crippen LogP contribution in [0.25, 0.3) is 5.69 Å². The third kappa shape index (κ3) is 4.57. The fraction of sp³-hybridized carbons (Fsp3) is 0.136. The van der Waals surface area contributed by atoms with E-state index < -0.39 is 0 Å². The van der Waals surface area contributed by atoms with Gasteiger partial charge in [0.25, 0.3) is 5.91 Å². The van der Waals surface area contributed by atoms with Gasteiger partial charge < -0.3 is 10.1 Å². The lowest BCUT2D eigenvalue weighted by Gasteiger charge is -2.11. The van der Waals surface area contributed by atoms with Crippen LogP contribution in [0.1, 0.15) is 21.6 Å². The number of carbonyl (C=O) groups is 1. The lowest BCUT2D eigenvalue weighted by atomic mass is 10.1. The van der Waals surface area contributed by atoms with Gasteiger partial charge in [0.2, 0.25) is 5.88 Å². The Balaban J connectivity index is 1.47. The molecule has 9 heteroatoms. The molecule has 4 aromatic rings. The van der Waals surface area contributed by atoms with Gasteiger partial charge in [-0.15, -0.1) is 5.10 Å². The average Bonchev–Trinajstić information content (AvgIpc) is 3.32. The molecule has 2 aromatic heterocycles. The highest BCUT2D eigenvalue weighted by atomic mass is 35.5.